The zero-order chi connectivity index (χ0) is 13.7. The SMILES string of the molecule is CCc1ccc(CN(C)c2ccc(CN)cn2)cc1. The van der Waals surface area contributed by atoms with Crippen molar-refractivity contribution >= 4 is 5.82 Å². The minimum Gasteiger partial charge on any atom is -0.355 e. The number of hydrogen-bond donors (Lipinski definition) is 1. The van der Waals surface area contributed by atoms with Crippen LogP contribution in [0.3, 0.4) is 0 Å². The second-order valence-corrected chi connectivity index (χ2v) is 4.75. The van der Waals surface area contributed by atoms with E-state index in [2.05, 4.69) is 48.1 Å². The summed E-state index contributed by atoms with van der Waals surface area (Å²) in [6, 6.07) is 12.8. The molecule has 1 heterocycles. The van der Waals surface area contributed by atoms with Crippen LogP contribution >= 0.6 is 0 Å². The number of anilines is 1. The van der Waals surface area contributed by atoms with E-state index in [9.17, 15) is 0 Å². The van der Waals surface area contributed by atoms with E-state index in [0.717, 1.165) is 24.3 Å². The summed E-state index contributed by atoms with van der Waals surface area (Å²) in [4.78, 5) is 6.57. The fourth-order valence-corrected chi connectivity index (χ4v) is 2.00. The topological polar surface area (TPSA) is 42.1 Å². The molecule has 0 spiro atoms. The van der Waals surface area contributed by atoms with E-state index in [1.165, 1.54) is 11.1 Å². The Balaban J connectivity index is 2.04. The van der Waals surface area contributed by atoms with Gasteiger partial charge in [-0.05, 0) is 29.2 Å². The molecular weight excluding hydrogens is 234 g/mol. The molecule has 0 saturated carbocycles. The molecule has 0 bridgehead atoms. The number of benzene rings is 1. The van der Waals surface area contributed by atoms with Gasteiger partial charge in [-0.25, -0.2) is 4.98 Å². The zero-order valence-electron chi connectivity index (χ0n) is 11.6. The van der Waals surface area contributed by atoms with Crippen molar-refractivity contribution in [3.63, 3.8) is 0 Å². The van der Waals surface area contributed by atoms with Crippen molar-refractivity contribution in [1.82, 2.24) is 4.98 Å². The lowest BCUT2D eigenvalue weighted by atomic mass is 10.1. The predicted molar refractivity (Wildman–Crippen MR) is 80.1 cm³/mol. The summed E-state index contributed by atoms with van der Waals surface area (Å²) in [6.07, 6.45) is 2.92. The average molecular weight is 255 g/mol. The van der Waals surface area contributed by atoms with Crippen LogP contribution in [0.4, 0.5) is 5.82 Å². The molecule has 1 aromatic heterocycles. The Morgan fingerprint density at radius 3 is 2.16 bits per heavy atom. The first-order valence-corrected chi connectivity index (χ1v) is 6.67. The maximum atomic E-state index is 5.57. The van der Waals surface area contributed by atoms with E-state index in [-0.39, 0.29) is 0 Å². The first-order valence-electron chi connectivity index (χ1n) is 6.67. The number of hydrogen-bond acceptors (Lipinski definition) is 3. The molecule has 19 heavy (non-hydrogen) atoms. The summed E-state index contributed by atoms with van der Waals surface area (Å²) < 4.78 is 0. The lowest BCUT2D eigenvalue weighted by Crippen LogP contribution is -2.17. The maximum absolute atomic E-state index is 5.57. The molecule has 0 amide bonds. The molecule has 2 aromatic rings. The van der Waals surface area contributed by atoms with E-state index in [1.54, 1.807) is 0 Å². The van der Waals surface area contributed by atoms with Crippen molar-refractivity contribution in [2.24, 2.45) is 5.73 Å². The minimum atomic E-state index is 0.537. The standard InChI is InChI=1S/C16H21N3/c1-3-13-4-6-14(7-5-13)12-19(2)16-9-8-15(10-17)11-18-16/h4-9,11H,3,10,12,17H2,1-2H3. The number of pyridine rings is 1. The van der Waals surface area contributed by atoms with Crippen LogP contribution in [-0.2, 0) is 19.5 Å². The van der Waals surface area contributed by atoms with Gasteiger partial charge in [0.05, 0.1) is 0 Å². The molecule has 100 valence electrons. The van der Waals surface area contributed by atoms with Gasteiger partial charge in [-0.2, -0.15) is 0 Å². The van der Waals surface area contributed by atoms with Crippen molar-refractivity contribution in [2.75, 3.05) is 11.9 Å². The monoisotopic (exact) mass is 255 g/mol. The molecule has 0 aliphatic heterocycles. The molecule has 2 rings (SSSR count). The van der Waals surface area contributed by atoms with Crippen LogP contribution in [0.25, 0.3) is 0 Å². The van der Waals surface area contributed by atoms with E-state index >= 15 is 0 Å². The van der Waals surface area contributed by atoms with E-state index < -0.39 is 0 Å². The third-order valence-electron chi connectivity index (χ3n) is 3.29. The van der Waals surface area contributed by atoms with E-state index in [0.29, 0.717) is 6.54 Å². The van der Waals surface area contributed by atoms with Gasteiger partial charge in [0.25, 0.3) is 0 Å². The Labute approximate surface area is 115 Å². The highest BCUT2D eigenvalue weighted by atomic mass is 15.2. The Bertz CT molecular complexity index is 503. The van der Waals surface area contributed by atoms with E-state index in [4.69, 9.17) is 5.73 Å². The van der Waals surface area contributed by atoms with Crippen molar-refractivity contribution < 1.29 is 0 Å². The molecule has 0 fully saturated rings. The van der Waals surface area contributed by atoms with Gasteiger partial charge in [0.1, 0.15) is 5.82 Å². The Hall–Kier alpha value is -1.87. The third-order valence-corrected chi connectivity index (χ3v) is 3.29. The van der Waals surface area contributed by atoms with Gasteiger partial charge in [0.2, 0.25) is 0 Å². The third kappa shape index (κ3) is 3.55. The van der Waals surface area contributed by atoms with Crippen molar-refractivity contribution in [2.45, 2.75) is 26.4 Å². The summed E-state index contributed by atoms with van der Waals surface area (Å²) >= 11 is 0. The minimum absolute atomic E-state index is 0.537. The van der Waals surface area contributed by atoms with Crippen LogP contribution in [0.2, 0.25) is 0 Å². The number of aromatic nitrogens is 1. The van der Waals surface area contributed by atoms with Gasteiger partial charge in [0, 0.05) is 26.3 Å². The smallest absolute Gasteiger partial charge is 0.128 e. The van der Waals surface area contributed by atoms with Crippen LogP contribution in [0.1, 0.15) is 23.6 Å². The normalized spacial score (nSPS) is 10.5. The van der Waals surface area contributed by atoms with Crippen molar-refractivity contribution in [3.05, 3.63) is 59.3 Å². The molecule has 0 saturated heterocycles. The molecule has 0 aliphatic carbocycles. The molecular formula is C16H21N3. The fraction of sp³-hybridized carbons (Fsp3) is 0.312. The highest BCUT2D eigenvalue weighted by Gasteiger charge is 2.03. The predicted octanol–water partition coefficient (Wildman–Crippen LogP) is 2.74. The van der Waals surface area contributed by atoms with Crippen molar-refractivity contribution in [1.29, 1.82) is 0 Å². The van der Waals surface area contributed by atoms with Crippen LogP contribution in [-0.4, -0.2) is 12.0 Å². The molecule has 0 unspecified atom stereocenters. The molecule has 0 aliphatic rings. The Morgan fingerprint density at radius 2 is 1.63 bits per heavy atom. The Kier molecular flexibility index (Phi) is 4.53. The average Bonchev–Trinajstić information content (AvgIpc) is 2.48. The summed E-state index contributed by atoms with van der Waals surface area (Å²) in [5, 5.41) is 0. The fourth-order valence-electron chi connectivity index (χ4n) is 2.00. The van der Waals surface area contributed by atoms with Gasteiger partial charge in [-0.1, -0.05) is 37.3 Å². The number of nitrogens with two attached hydrogens (primary N) is 1. The first kappa shape index (κ1) is 13.6. The maximum Gasteiger partial charge on any atom is 0.128 e. The van der Waals surface area contributed by atoms with Gasteiger partial charge in [-0.3, -0.25) is 0 Å². The first-order chi connectivity index (χ1) is 9.22. The molecule has 0 radical (unpaired) electrons. The molecule has 3 heteroatoms. The van der Waals surface area contributed by atoms with Crippen molar-refractivity contribution in [3.8, 4) is 0 Å². The highest BCUT2D eigenvalue weighted by Crippen LogP contribution is 2.14. The van der Waals surface area contributed by atoms with Crippen LogP contribution in [0.5, 0.6) is 0 Å². The summed E-state index contributed by atoms with van der Waals surface area (Å²) in [5.74, 6) is 0.969. The number of rotatable bonds is 5. The summed E-state index contributed by atoms with van der Waals surface area (Å²) in [7, 11) is 2.05. The molecule has 0 atom stereocenters. The van der Waals surface area contributed by atoms with Gasteiger partial charge in [0.15, 0.2) is 0 Å². The molecule has 1 aromatic carbocycles. The zero-order valence-corrected chi connectivity index (χ0v) is 11.6. The highest BCUT2D eigenvalue weighted by molar-refractivity contribution is 5.39. The molecule has 3 nitrogen and oxygen atoms in total. The summed E-state index contributed by atoms with van der Waals surface area (Å²) in [5.41, 5.74) is 9.30. The second-order valence-electron chi connectivity index (χ2n) is 4.75. The van der Waals surface area contributed by atoms with Gasteiger partial charge < -0.3 is 10.6 Å². The summed E-state index contributed by atoms with van der Waals surface area (Å²) in [6.45, 7) is 3.57. The van der Waals surface area contributed by atoms with Gasteiger partial charge in [-0.15, -0.1) is 0 Å². The number of nitrogens with zero attached hydrogens (tertiary/aromatic N) is 2. The van der Waals surface area contributed by atoms with Crippen LogP contribution in [0.15, 0.2) is 42.6 Å². The largest absolute Gasteiger partial charge is 0.355 e. The van der Waals surface area contributed by atoms with Gasteiger partial charge >= 0.3 is 0 Å². The Morgan fingerprint density at radius 1 is 1.00 bits per heavy atom. The number of aryl methyl sites for hydroxylation is 1. The quantitative estimate of drug-likeness (QED) is 0.893. The molecule has 2 N–H and O–H groups in total. The lowest BCUT2D eigenvalue weighted by Gasteiger charge is -2.18. The van der Waals surface area contributed by atoms with Crippen LogP contribution < -0.4 is 10.6 Å². The van der Waals surface area contributed by atoms with Crippen LogP contribution in [0, 0.1) is 0 Å². The second kappa shape index (κ2) is 6.34. The van der Waals surface area contributed by atoms with E-state index in [1.807, 2.05) is 18.3 Å². The lowest BCUT2D eigenvalue weighted by molar-refractivity contribution is 0.892.